The molecule has 1 unspecified atom stereocenters. The molecule has 1 atom stereocenters. The van der Waals surface area contributed by atoms with Crippen molar-refractivity contribution in [2.45, 2.75) is 25.3 Å². The molecule has 126 valence electrons. The van der Waals surface area contributed by atoms with Crippen LogP contribution in [0.4, 0.5) is 0 Å². The van der Waals surface area contributed by atoms with Crippen molar-refractivity contribution >= 4 is 17.5 Å². The van der Waals surface area contributed by atoms with Crippen LogP contribution in [0.1, 0.15) is 29.0 Å². The molecular weight excluding hydrogens is 324 g/mol. The fourth-order valence-corrected chi connectivity index (χ4v) is 3.40. The maximum absolute atomic E-state index is 12.4. The number of benzene rings is 1. The number of piperidine rings is 1. The molecule has 1 aliphatic heterocycles. The standard InChI is InChI=1S/C18H21ClN4O/c19-15-4-1-3-13(11-15)12-16(20)14-5-9-23(10-6-14)18(24)17-21-7-2-8-22-17/h1-4,7-8,11,14,16H,5-6,9-10,12,20H2. The zero-order chi connectivity index (χ0) is 16.9. The number of likely N-dealkylation sites (tertiary alicyclic amines) is 1. The molecular formula is C18H21ClN4O. The summed E-state index contributed by atoms with van der Waals surface area (Å²) in [6.45, 7) is 1.40. The van der Waals surface area contributed by atoms with Crippen LogP contribution in [0.5, 0.6) is 0 Å². The number of nitrogens with zero attached hydrogens (tertiary/aromatic N) is 3. The Kier molecular flexibility index (Phi) is 5.43. The third kappa shape index (κ3) is 4.10. The molecule has 1 amide bonds. The maximum Gasteiger partial charge on any atom is 0.291 e. The van der Waals surface area contributed by atoms with Gasteiger partial charge in [0.05, 0.1) is 0 Å². The van der Waals surface area contributed by atoms with E-state index in [-0.39, 0.29) is 17.8 Å². The summed E-state index contributed by atoms with van der Waals surface area (Å²) in [5, 5.41) is 0.739. The van der Waals surface area contributed by atoms with E-state index >= 15 is 0 Å². The molecule has 0 spiro atoms. The smallest absolute Gasteiger partial charge is 0.291 e. The number of carbonyl (C=O) groups excluding carboxylic acids is 1. The highest BCUT2D eigenvalue weighted by atomic mass is 35.5. The van der Waals surface area contributed by atoms with Gasteiger partial charge in [-0.15, -0.1) is 0 Å². The topological polar surface area (TPSA) is 72.1 Å². The SMILES string of the molecule is NC(Cc1cccc(Cl)c1)C1CCN(C(=O)c2ncccn2)CC1. The van der Waals surface area contributed by atoms with Crippen molar-refractivity contribution in [2.75, 3.05) is 13.1 Å². The molecule has 0 saturated carbocycles. The number of hydrogen-bond donors (Lipinski definition) is 1. The summed E-state index contributed by atoms with van der Waals surface area (Å²) >= 11 is 6.03. The Morgan fingerprint density at radius 3 is 2.62 bits per heavy atom. The van der Waals surface area contributed by atoms with E-state index in [1.165, 1.54) is 0 Å². The highest BCUT2D eigenvalue weighted by Crippen LogP contribution is 2.23. The van der Waals surface area contributed by atoms with Crippen LogP contribution in [-0.4, -0.2) is 39.9 Å². The molecule has 2 N–H and O–H groups in total. The van der Waals surface area contributed by atoms with Gasteiger partial charge in [-0.05, 0) is 48.9 Å². The molecule has 0 bridgehead atoms. The van der Waals surface area contributed by atoms with Crippen LogP contribution in [0, 0.1) is 5.92 Å². The number of carbonyl (C=O) groups is 1. The molecule has 1 aliphatic rings. The van der Waals surface area contributed by atoms with Crippen molar-refractivity contribution in [3.05, 3.63) is 59.1 Å². The van der Waals surface area contributed by atoms with Gasteiger partial charge in [0.25, 0.3) is 5.91 Å². The van der Waals surface area contributed by atoms with E-state index in [2.05, 4.69) is 16.0 Å². The summed E-state index contributed by atoms with van der Waals surface area (Å²) in [7, 11) is 0. The molecule has 6 heteroatoms. The van der Waals surface area contributed by atoms with Crippen LogP contribution in [0.2, 0.25) is 5.02 Å². The van der Waals surface area contributed by atoms with Gasteiger partial charge in [-0.25, -0.2) is 9.97 Å². The molecule has 0 radical (unpaired) electrons. The first-order valence-electron chi connectivity index (χ1n) is 8.20. The molecule has 1 aromatic carbocycles. The van der Waals surface area contributed by atoms with Crippen molar-refractivity contribution in [2.24, 2.45) is 11.7 Å². The Morgan fingerprint density at radius 2 is 1.96 bits per heavy atom. The van der Waals surface area contributed by atoms with Gasteiger partial charge < -0.3 is 10.6 Å². The van der Waals surface area contributed by atoms with E-state index in [1.54, 1.807) is 18.5 Å². The van der Waals surface area contributed by atoms with Crippen LogP contribution >= 0.6 is 11.6 Å². The van der Waals surface area contributed by atoms with Gasteiger partial charge in [-0.2, -0.15) is 0 Å². The van der Waals surface area contributed by atoms with E-state index in [0.29, 0.717) is 19.0 Å². The Bertz CT molecular complexity index is 686. The molecule has 2 aromatic rings. The number of rotatable bonds is 4. The molecule has 3 rings (SSSR count). The number of amides is 1. The second-order valence-corrected chi connectivity index (χ2v) is 6.64. The number of hydrogen-bond acceptors (Lipinski definition) is 4. The molecule has 0 aliphatic carbocycles. The molecule has 1 fully saturated rings. The number of aromatic nitrogens is 2. The van der Waals surface area contributed by atoms with Crippen LogP contribution in [0.3, 0.4) is 0 Å². The minimum atomic E-state index is -0.0996. The Hall–Kier alpha value is -1.98. The summed E-state index contributed by atoms with van der Waals surface area (Å²) in [4.78, 5) is 22.2. The Morgan fingerprint density at radius 1 is 1.25 bits per heavy atom. The van der Waals surface area contributed by atoms with Crippen LogP contribution < -0.4 is 5.73 Å². The number of halogens is 1. The Balaban J connectivity index is 1.54. The predicted octanol–water partition coefficient (Wildman–Crippen LogP) is 2.55. The first kappa shape index (κ1) is 16.9. The Labute approximate surface area is 146 Å². The van der Waals surface area contributed by atoms with E-state index in [4.69, 9.17) is 17.3 Å². The largest absolute Gasteiger partial charge is 0.336 e. The lowest BCUT2D eigenvalue weighted by molar-refractivity contribution is 0.0665. The second-order valence-electron chi connectivity index (χ2n) is 6.20. The lowest BCUT2D eigenvalue weighted by Crippen LogP contribution is -2.44. The zero-order valence-electron chi connectivity index (χ0n) is 13.4. The minimum Gasteiger partial charge on any atom is -0.336 e. The van der Waals surface area contributed by atoms with Gasteiger partial charge in [0.1, 0.15) is 0 Å². The average Bonchev–Trinajstić information content (AvgIpc) is 2.62. The first-order chi connectivity index (χ1) is 11.6. The van der Waals surface area contributed by atoms with Gasteiger partial charge in [0, 0.05) is 36.5 Å². The van der Waals surface area contributed by atoms with Crippen LogP contribution in [0.25, 0.3) is 0 Å². The lowest BCUT2D eigenvalue weighted by atomic mass is 9.86. The van der Waals surface area contributed by atoms with Crippen LogP contribution in [0.15, 0.2) is 42.7 Å². The van der Waals surface area contributed by atoms with Crippen molar-refractivity contribution < 1.29 is 4.79 Å². The summed E-state index contributed by atoms with van der Waals surface area (Å²) in [6, 6.07) is 9.62. The third-order valence-electron chi connectivity index (χ3n) is 4.55. The fraction of sp³-hybridized carbons (Fsp3) is 0.389. The van der Waals surface area contributed by atoms with Gasteiger partial charge in [0.15, 0.2) is 0 Å². The monoisotopic (exact) mass is 344 g/mol. The van der Waals surface area contributed by atoms with Gasteiger partial charge in [0.2, 0.25) is 5.82 Å². The van der Waals surface area contributed by atoms with Gasteiger partial charge in [-0.1, -0.05) is 23.7 Å². The van der Waals surface area contributed by atoms with Crippen molar-refractivity contribution in [1.82, 2.24) is 14.9 Å². The summed E-state index contributed by atoms with van der Waals surface area (Å²) < 4.78 is 0. The lowest BCUT2D eigenvalue weighted by Gasteiger charge is -2.34. The molecule has 1 saturated heterocycles. The van der Waals surface area contributed by atoms with Crippen molar-refractivity contribution in [3.8, 4) is 0 Å². The maximum atomic E-state index is 12.4. The average molecular weight is 345 g/mol. The quantitative estimate of drug-likeness (QED) is 0.925. The normalized spacial score (nSPS) is 16.8. The fourth-order valence-electron chi connectivity index (χ4n) is 3.18. The van der Waals surface area contributed by atoms with Crippen LogP contribution in [-0.2, 0) is 6.42 Å². The van der Waals surface area contributed by atoms with E-state index in [1.807, 2.05) is 23.1 Å². The minimum absolute atomic E-state index is 0.0775. The first-order valence-corrected chi connectivity index (χ1v) is 8.57. The molecule has 2 heterocycles. The summed E-state index contributed by atoms with van der Waals surface area (Å²) in [5.41, 5.74) is 7.55. The number of nitrogens with two attached hydrogens (primary N) is 1. The highest BCUT2D eigenvalue weighted by molar-refractivity contribution is 6.30. The zero-order valence-corrected chi connectivity index (χ0v) is 14.2. The molecule has 1 aromatic heterocycles. The van der Waals surface area contributed by atoms with Crippen molar-refractivity contribution in [1.29, 1.82) is 0 Å². The van der Waals surface area contributed by atoms with Gasteiger partial charge >= 0.3 is 0 Å². The van der Waals surface area contributed by atoms with E-state index in [9.17, 15) is 4.79 Å². The summed E-state index contributed by atoms with van der Waals surface area (Å²) in [6.07, 6.45) is 5.79. The summed E-state index contributed by atoms with van der Waals surface area (Å²) in [5.74, 6) is 0.571. The van der Waals surface area contributed by atoms with Crippen molar-refractivity contribution in [3.63, 3.8) is 0 Å². The second kappa shape index (κ2) is 7.73. The third-order valence-corrected chi connectivity index (χ3v) is 4.78. The predicted molar refractivity (Wildman–Crippen MR) is 93.8 cm³/mol. The molecule has 5 nitrogen and oxygen atoms in total. The van der Waals surface area contributed by atoms with Gasteiger partial charge in [-0.3, -0.25) is 4.79 Å². The van der Waals surface area contributed by atoms with E-state index in [0.717, 1.165) is 29.8 Å². The van der Waals surface area contributed by atoms with E-state index < -0.39 is 0 Å². The highest BCUT2D eigenvalue weighted by Gasteiger charge is 2.28. The molecule has 24 heavy (non-hydrogen) atoms.